The van der Waals surface area contributed by atoms with Gasteiger partial charge in [0.05, 0.1) is 4.48 Å². The quantitative estimate of drug-likeness (QED) is 0.678. The highest BCUT2D eigenvalue weighted by atomic mass is 79.9. The van der Waals surface area contributed by atoms with Crippen molar-refractivity contribution in [1.29, 1.82) is 5.41 Å². The monoisotopic (exact) mass is 202 g/mol. The fourth-order valence-electron chi connectivity index (χ4n) is 0.498. The molecule has 0 saturated carbocycles. The molecule has 0 spiro atoms. The van der Waals surface area contributed by atoms with E-state index in [2.05, 4.69) is 27.8 Å². The number of nitrogens with one attached hydrogen (secondary N) is 2. The predicted molar refractivity (Wildman–Crippen MR) is 48.4 cm³/mol. The van der Waals surface area contributed by atoms with E-state index in [1.165, 1.54) is 0 Å². The normalized spacial score (nSPS) is 11.9. The van der Waals surface area contributed by atoms with Crippen molar-refractivity contribution in [3.63, 3.8) is 0 Å². The topological polar surface area (TPSA) is 35.9 Å². The zero-order valence-corrected chi connectivity index (χ0v) is 7.75. The summed E-state index contributed by atoms with van der Waals surface area (Å²) < 4.78 is 0.785. The molecule has 0 aromatic rings. The second-order valence-corrected chi connectivity index (χ2v) is 2.71. The van der Waals surface area contributed by atoms with Crippen LogP contribution in [-0.2, 0) is 0 Å². The minimum Gasteiger partial charge on any atom is -0.365 e. The largest absolute Gasteiger partial charge is 0.365 e. The number of rotatable bonds is 3. The van der Waals surface area contributed by atoms with Crippen LogP contribution in [0.2, 0.25) is 0 Å². The summed E-state index contributed by atoms with van der Waals surface area (Å²) in [5.41, 5.74) is 1.41. The molecule has 0 bridgehead atoms. The lowest BCUT2D eigenvalue weighted by Gasteiger charge is -2.02. The molecule has 3 heteroatoms. The smallest absolute Gasteiger partial charge is 0.0569 e. The second-order valence-electron chi connectivity index (χ2n) is 1.91. The standard InChI is InChI=1S/C7H11BrN2/c1-4-10-6(3)7(8)5(2)9/h4,9-10H,1H2,2-3H3/b7-6+,9-5?. The summed E-state index contributed by atoms with van der Waals surface area (Å²) in [6, 6.07) is 0. The van der Waals surface area contributed by atoms with Gasteiger partial charge in [0.1, 0.15) is 0 Å². The molecular weight excluding hydrogens is 192 g/mol. The van der Waals surface area contributed by atoms with E-state index in [1.807, 2.05) is 6.92 Å². The Kier molecular flexibility index (Phi) is 4.03. The first-order valence-electron chi connectivity index (χ1n) is 2.89. The Labute approximate surface area is 69.7 Å². The van der Waals surface area contributed by atoms with Crippen LogP contribution in [0, 0.1) is 5.41 Å². The maximum Gasteiger partial charge on any atom is 0.0569 e. The van der Waals surface area contributed by atoms with Gasteiger partial charge in [0.15, 0.2) is 0 Å². The van der Waals surface area contributed by atoms with Crippen LogP contribution in [-0.4, -0.2) is 5.71 Å². The summed E-state index contributed by atoms with van der Waals surface area (Å²) in [5, 5.41) is 10.1. The molecule has 0 aliphatic carbocycles. The number of hydrogen-bond acceptors (Lipinski definition) is 2. The molecule has 0 atom stereocenters. The van der Waals surface area contributed by atoms with Crippen molar-refractivity contribution >= 4 is 21.6 Å². The zero-order valence-electron chi connectivity index (χ0n) is 6.16. The third kappa shape index (κ3) is 2.82. The van der Waals surface area contributed by atoms with Gasteiger partial charge in [-0.2, -0.15) is 0 Å². The Bertz CT molecular complexity index is 182. The first kappa shape index (κ1) is 9.43. The molecule has 0 aliphatic rings. The van der Waals surface area contributed by atoms with Gasteiger partial charge < -0.3 is 10.7 Å². The van der Waals surface area contributed by atoms with Gasteiger partial charge in [0.2, 0.25) is 0 Å². The van der Waals surface area contributed by atoms with E-state index >= 15 is 0 Å². The van der Waals surface area contributed by atoms with Crippen molar-refractivity contribution in [3.05, 3.63) is 23.0 Å². The minimum atomic E-state index is 0.506. The van der Waals surface area contributed by atoms with Gasteiger partial charge in [0, 0.05) is 11.4 Å². The van der Waals surface area contributed by atoms with Gasteiger partial charge in [-0.15, -0.1) is 0 Å². The highest BCUT2D eigenvalue weighted by molar-refractivity contribution is 9.12. The van der Waals surface area contributed by atoms with Crippen molar-refractivity contribution in [3.8, 4) is 0 Å². The molecule has 0 aliphatic heterocycles. The van der Waals surface area contributed by atoms with Crippen LogP contribution in [0.3, 0.4) is 0 Å². The lowest BCUT2D eigenvalue weighted by atomic mass is 10.3. The highest BCUT2D eigenvalue weighted by Gasteiger charge is 1.97. The van der Waals surface area contributed by atoms with E-state index in [0.717, 1.165) is 10.2 Å². The molecule has 2 N–H and O–H groups in total. The van der Waals surface area contributed by atoms with Crippen LogP contribution in [0.1, 0.15) is 13.8 Å². The maximum absolute atomic E-state index is 7.23. The molecular formula is C7H11BrN2. The lowest BCUT2D eigenvalue weighted by Crippen LogP contribution is -2.05. The lowest BCUT2D eigenvalue weighted by molar-refractivity contribution is 1.06. The van der Waals surface area contributed by atoms with Crippen LogP contribution in [0.15, 0.2) is 23.0 Å². The van der Waals surface area contributed by atoms with Gasteiger partial charge in [-0.05, 0) is 36.0 Å². The summed E-state index contributed by atoms with van der Waals surface area (Å²) >= 11 is 3.25. The average Bonchev–Trinajstić information content (AvgIpc) is 1.87. The Hall–Kier alpha value is -0.570. The van der Waals surface area contributed by atoms with Gasteiger partial charge in [0.25, 0.3) is 0 Å². The van der Waals surface area contributed by atoms with E-state index in [1.54, 1.807) is 13.1 Å². The molecule has 10 heavy (non-hydrogen) atoms. The predicted octanol–water partition coefficient (Wildman–Crippen LogP) is 2.39. The molecule has 0 amide bonds. The van der Waals surface area contributed by atoms with Gasteiger partial charge in [-0.25, -0.2) is 0 Å². The summed E-state index contributed by atoms with van der Waals surface area (Å²) in [6.45, 7) is 7.11. The van der Waals surface area contributed by atoms with Crippen LogP contribution >= 0.6 is 15.9 Å². The summed E-state index contributed by atoms with van der Waals surface area (Å²) in [4.78, 5) is 0. The fraction of sp³-hybridized carbons (Fsp3) is 0.286. The van der Waals surface area contributed by atoms with E-state index in [9.17, 15) is 0 Å². The molecule has 0 radical (unpaired) electrons. The highest BCUT2D eigenvalue weighted by Crippen LogP contribution is 2.10. The Morgan fingerprint density at radius 3 is 2.40 bits per heavy atom. The minimum absolute atomic E-state index is 0.506. The summed E-state index contributed by atoms with van der Waals surface area (Å²) in [5.74, 6) is 0. The van der Waals surface area contributed by atoms with Crippen molar-refractivity contribution in [1.82, 2.24) is 5.32 Å². The zero-order chi connectivity index (χ0) is 8.15. The number of halogens is 1. The van der Waals surface area contributed by atoms with Gasteiger partial charge >= 0.3 is 0 Å². The molecule has 0 aromatic heterocycles. The first-order chi connectivity index (χ1) is 4.59. The van der Waals surface area contributed by atoms with Crippen molar-refractivity contribution in [2.45, 2.75) is 13.8 Å². The van der Waals surface area contributed by atoms with Crippen LogP contribution < -0.4 is 5.32 Å². The first-order valence-corrected chi connectivity index (χ1v) is 3.68. The number of allylic oxidation sites excluding steroid dienone is 2. The van der Waals surface area contributed by atoms with Crippen molar-refractivity contribution in [2.24, 2.45) is 0 Å². The van der Waals surface area contributed by atoms with Crippen LogP contribution in [0.4, 0.5) is 0 Å². The molecule has 0 saturated heterocycles. The molecule has 0 unspecified atom stereocenters. The van der Waals surface area contributed by atoms with Gasteiger partial charge in [-0.3, -0.25) is 0 Å². The SMILES string of the molecule is C=CN/C(C)=C(/Br)C(C)=N. The molecule has 0 rings (SSSR count). The third-order valence-electron chi connectivity index (χ3n) is 0.977. The van der Waals surface area contributed by atoms with E-state index in [4.69, 9.17) is 5.41 Å². The van der Waals surface area contributed by atoms with E-state index in [0.29, 0.717) is 5.71 Å². The molecule has 0 fully saturated rings. The second kappa shape index (κ2) is 4.28. The summed E-state index contributed by atoms with van der Waals surface area (Å²) in [6.07, 6.45) is 1.58. The third-order valence-corrected chi connectivity index (χ3v) is 2.17. The maximum atomic E-state index is 7.23. The van der Waals surface area contributed by atoms with Gasteiger partial charge in [-0.1, -0.05) is 6.58 Å². The molecule has 0 aromatic carbocycles. The Morgan fingerprint density at radius 2 is 2.10 bits per heavy atom. The average molecular weight is 203 g/mol. The van der Waals surface area contributed by atoms with Crippen LogP contribution in [0.5, 0.6) is 0 Å². The molecule has 56 valence electrons. The van der Waals surface area contributed by atoms with Crippen molar-refractivity contribution in [2.75, 3.05) is 0 Å². The fourth-order valence-corrected chi connectivity index (χ4v) is 0.612. The van der Waals surface area contributed by atoms with E-state index in [-0.39, 0.29) is 0 Å². The number of hydrogen-bond donors (Lipinski definition) is 2. The molecule has 0 heterocycles. The Balaban J connectivity index is 4.33. The Morgan fingerprint density at radius 1 is 1.60 bits per heavy atom. The summed E-state index contributed by atoms with van der Waals surface area (Å²) in [7, 11) is 0. The van der Waals surface area contributed by atoms with E-state index < -0.39 is 0 Å². The van der Waals surface area contributed by atoms with Crippen molar-refractivity contribution < 1.29 is 0 Å². The molecule has 2 nitrogen and oxygen atoms in total. The van der Waals surface area contributed by atoms with Crippen LogP contribution in [0.25, 0.3) is 0 Å².